The fourth-order valence-electron chi connectivity index (χ4n) is 7.62. The van der Waals surface area contributed by atoms with Crippen LogP contribution in [0.4, 0.5) is 0 Å². The van der Waals surface area contributed by atoms with Crippen LogP contribution in [0, 0.1) is 11.8 Å². The van der Waals surface area contributed by atoms with Crippen molar-refractivity contribution in [2.45, 2.75) is 157 Å². The van der Waals surface area contributed by atoms with Crippen molar-refractivity contribution in [3.63, 3.8) is 0 Å². The lowest BCUT2D eigenvalue weighted by Gasteiger charge is -2.52. The van der Waals surface area contributed by atoms with Crippen molar-refractivity contribution in [1.82, 2.24) is 0 Å². The van der Waals surface area contributed by atoms with Gasteiger partial charge in [-0.15, -0.1) is 0 Å². The average molecular weight is 711 g/mol. The standard InChI is InChI=1S/C31H50O18/c1-11(32)43-9-21-23(37)25(39)27(41)30(48-21)46-19-7-14(34)6-18-15(19)8-20(29(45-18)13-3-4-16(35)17(36)5-13)47-31-28(42)26(40)24(38)22(49-31)10-44-12(2)33/h13-31,34-42H,3-10H2,1-2H3/t13?,14?,15?,16?,17?,18?,19?,20?,21-,22-,23-,24-,25+,26+,27-,28-,29?,30-,31-/m1/s1. The molecule has 9 unspecified atom stereocenters. The monoisotopic (exact) mass is 710 g/mol. The third-order valence-corrected chi connectivity index (χ3v) is 10.3. The number of carbonyl (C=O) groups excluding carboxylic acids is 2. The summed E-state index contributed by atoms with van der Waals surface area (Å²) in [5.74, 6) is -2.21. The third-order valence-electron chi connectivity index (χ3n) is 10.3. The van der Waals surface area contributed by atoms with Gasteiger partial charge in [0, 0.05) is 26.2 Å². The van der Waals surface area contributed by atoms with Gasteiger partial charge >= 0.3 is 11.9 Å². The van der Waals surface area contributed by atoms with E-state index in [1.807, 2.05) is 0 Å². The topological polar surface area (TPSA) is 281 Å². The number of aliphatic hydroxyl groups excluding tert-OH is 9. The number of carbonyl (C=O) groups is 2. The van der Waals surface area contributed by atoms with Gasteiger partial charge in [-0.1, -0.05) is 0 Å². The Morgan fingerprint density at radius 2 is 1.12 bits per heavy atom. The van der Waals surface area contributed by atoms with Crippen LogP contribution in [0.1, 0.15) is 52.4 Å². The summed E-state index contributed by atoms with van der Waals surface area (Å²) >= 11 is 0. The lowest BCUT2D eigenvalue weighted by Crippen LogP contribution is -2.63. The number of hydrogen-bond donors (Lipinski definition) is 9. The largest absolute Gasteiger partial charge is 0.463 e. The van der Waals surface area contributed by atoms with E-state index < -0.39 is 135 Å². The minimum atomic E-state index is -1.73. The highest BCUT2D eigenvalue weighted by Crippen LogP contribution is 2.45. The zero-order chi connectivity index (χ0) is 35.7. The average Bonchev–Trinajstić information content (AvgIpc) is 3.05. The molecule has 5 fully saturated rings. The minimum absolute atomic E-state index is 0.0496. The molecule has 3 saturated heterocycles. The van der Waals surface area contributed by atoms with Gasteiger partial charge in [0.15, 0.2) is 12.6 Å². The van der Waals surface area contributed by atoms with Gasteiger partial charge in [0.1, 0.15) is 62.0 Å². The molecule has 0 aromatic carbocycles. The van der Waals surface area contributed by atoms with Crippen molar-refractivity contribution < 1.29 is 88.7 Å². The second-order valence-electron chi connectivity index (χ2n) is 13.9. The number of hydrogen-bond acceptors (Lipinski definition) is 18. The van der Waals surface area contributed by atoms with Gasteiger partial charge in [0.05, 0.1) is 42.7 Å². The molecule has 0 bridgehead atoms. The normalized spacial score (nSPS) is 49.1. The van der Waals surface area contributed by atoms with Gasteiger partial charge < -0.3 is 79.1 Å². The molecule has 0 spiro atoms. The summed E-state index contributed by atoms with van der Waals surface area (Å²) in [4.78, 5) is 22.8. The predicted octanol–water partition coefficient (Wildman–Crippen LogP) is -4.05. The second-order valence-corrected chi connectivity index (χ2v) is 13.9. The molecule has 18 nitrogen and oxygen atoms in total. The molecule has 18 heteroatoms. The first kappa shape index (κ1) is 38.6. The molecule has 3 aliphatic heterocycles. The molecule has 0 aromatic rings. The van der Waals surface area contributed by atoms with Crippen LogP contribution in [-0.2, 0) is 42.7 Å². The molecular weight excluding hydrogens is 660 g/mol. The van der Waals surface area contributed by atoms with E-state index in [4.69, 9.17) is 33.2 Å². The minimum Gasteiger partial charge on any atom is -0.463 e. The quantitative estimate of drug-likeness (QED) is 0.103. The first-order chi connectivity index (χ1) is 23.1. The molecule has 3 heterocycles. The number of fused-ring (bicyclic) bond motifs is 1. The highest BCUT2D eigenvalue weighted by atomic mass is 16.7. The van der Waals surface area contributed by atoms with Crippen LogP contribution >= 0.6 is 0 Å². The molecule has 9 N–H and O–H groups in total. The van der Waals surface area contributed by atoms with Crippen molar-refractivity contribution in [3.05, 3.63) is 0 Å². The Bertz CT molecular complexity index is 1110. The molecular formula is C31H50O18. The van der Waals surface area contributed by atoms with E-state index in [0.29, 0.717) is 6.42 Å². The fraction of sp³-hybridized carbons (Fsp3) is 0.935. The molecule has 0 radical (unpaired) electrons. The van der Waals surface area contributed by atoms with Crippen LogP contribution in [0.15, 0.2) is 0 Å². The summed E-state index contributed by atoms with van der Waals surface area (Å²) in [6.07, 6.45) is -20.4. The Balaban J connectivity index is 1.37. The molecule has 5 rings (SSSR count). The molecule has 5 aliphatic rings. The molecule has 2 saturated carbocycles. The smallest absolute Gasteiger partial charge is 0.302 e. The van der Waals surface area contributed by atoms with E-state index in [2.05, 4.69) is 0 Å². The maximum absolute atomic E-state index is 11.4. The van der Waals surface area contributed by atoms with Crippen molar-refractivity contribution in [3.8, 4) is 0 Å². The number of ether oxygens (including phenoxy) is 7. The SMILES string of the molecule is CC(=O)OC[C@H]1O[C@@H](OC2CC(O)CC3OC(C4CCC(O)C(O)C4)C(O[C@@H]4O[C@H](COC(C)=O)[C@@H](O)[C@H](O)[C@H]4O)CC32)[C@H](O)[C@@H](O)[C@@H]1O. The van der Waals surface area contributed by atoms with Gasteiger partial charge in [-0.05, 0) is 38.0 Å². The first-order valence-electron chi connectivity index (χ1n) is 16.8. The van der Waals surface area contributed by atoms with Gasteiger partial charge in [0.25, 0.3) is 0 Å². The maximum atomic E-state index is 11.4. The van der Waals surface area contributed by atoms with Crippen molar-refractivity contribution in [2.24, 2.45) is 11.8 Å². The van der Waals surface area contributed by atoms with Gasteiger partial charge in [0.2, 0.25) is 0 Å². The lowest BCUT2D eigenvalue weighted by molar-refractivity contribution is -0.344. The van der Waals surface area contributed by atoms with Gasteiger partial charge in [-0.3, -0.25) is 9.59 Å². The second kappa shape index (κ2) is 16.4. The van der Waals surface area contributed by atoms with Crippen LogP contribution in [0.25, 0.3) is 0 Å². The fourth-order valence-corrected chi connectivity index (χ4v) is 7.62. The van der Waals surface area contributed by atoms with Gasteiger partial charge in [-0.2, -0.15) is 0 Å². The van der Waals surface area contributed by atoms with E-state index in [1.54, 1.807) is 0 Å². The van der Waals surface area contributed by atoms with Crippen LogP contribution in [0.5, 0.6) is 0 Å². The Hall–Kier alpha value is -1.62. The summed E-state index contributed by atoms with van der Waals surface area (Å²) < 4.78 is 40.4. The molecule has 49 heavy (non-hydrogen) atoms. The summed E-state index contributed by atoms with van der Waals surface area (Å²) in [7, 11) is 0. The Morgan fingerprint density at radius 3 is 1.63 bits per heavy atom. The summed E-state index contributed by atoms with van der Waals surface area (Å²) in [6, 6.07) is 0. The first-order valence-corrected chi connectivity index (χ1v) is 16.8. The predicted molar refractivity (Wildman–Crippen MR) is 158 cm³/mol. The van der Waals surface area contributed by atoms with Crippen molar-refractivity contribution in [2.75, 3.05) is 13.2 Å². The summed E-state index contributed by atoms with van der Waals surface area (Å²) in [5.41, 5.74) is 0. The Labute approximate surface area is 282 Å². The molecule has 282 valence electrons. The van der Waals surface area contributed by atoms with E-state index in [0.717, 1.165) is 13.8 Å². The van der Waals surface area contributed by atoms with Crippen molar-refractivity contribution in [1.29, 1.82) is 0 Å². The number of aliphatic hydroxyl groups is 9. The Morgan fingerprint density at radius 1 is 0.592 bits per heavy atom. The molecule has 19 atom stereocenters. The van der Waals surface area contributed by atoms with E-state index in [-0.39, 0.29) is 38.0 Å². The molecule has 0 aromatic heterocycles. The zero-order valence-corrected chi connectivity index (χ0v) is 27.3. The summed E-state index contributed by atoms with van der Waals surface area (Å²) in [5, 5.41) is 95.2. The highest BCUT2D eigenvalue weighted by Gasteiger charge is 2.54. The molecule has 2 aliphatic carbocycles. The lowest BCUT2D eigenvalue weighted by atomic mass is 9.72. The summed E-state index contributed by atoms with van der Waals surface area (Å²) in [6.45, 7) is 1.46. The van der Waals surface area contributed by atoms with E-state index in [1.165, 1.54) is 0 Å². The van der Waals surface area contributed by atoms with Crippen LogP contribution in [0.2, 0.25) is 0 Å². The van der Waals surface area contributed by atoms with Gasteiger partial charge in [-0.25, -0.2) is 0 Å². The van der Waals surface area contributed by atoms with E-state index in [9.17, 15) is 55.5 Å². The molecule has 0 amide bonds. The van der Waals surface area contributed by atoms with Crippen molar-refractivity contribution >= 4 is 11.9 Å². The maximum Gasteiger partial charge on any atom is 0.302 e. The number of rotatable bonds is 9. The van der Waals surface area contributed by atoms with Crippen LogP contribution < -0.4 is 0 Å². The Kier molecular flexibility index (Phi) is 12.9. The third kappa shape index (κ3) is 8.89. The highest BCUT2D eigenvalue weighted by molar-refractivity contribution is 5.66. The number of esters is 2. The van der Waals surface area contributed by atoms with E-state index >= 15 is 0 Å². The van der Waals surface area contributed by atoms with Crippen LogP contribution in [0.3, 0.4) is 0 Å². The zero-order valence-electron chi connectivity index (χ0n) is 27.3. The van der Waals surface area contributed by atoms with Crippen LogP contribution in [-0.4, -0.2) is 175 Å².